The van der Waals surface area contributed by atoms with Crippen LogP contribution in [0.5, 0.6) is 0 Å². The fourth-order valence-electron chi connectivity index (χ4n) is 3.72. The van der Waals surface area contributed by atoms with Gasteiger partial charge in [0.1, 0.15) is 6.54 Å². The van der Waals surface area contributed by atoms with Gasteiger partial charge >= 0.3 is 0 Å². The molecule has 0 saturated carbocycles. The highest BCUT2D eigenvalue weighted by atomic mass is 16.2. The highest BCUT2D eigenvalue weighted by Crippen LogP contribution is 2.22. The van der Waals surface area contributed by atoms with Gasteiger partial charge in [-0.15, -0.1) is 0 Å². The Bertz CT molecular complexity index is 1060. The van der Waals surface area contributed by atoms with Crippen molar-refractivity contribution >= 4 is 16.8 Å². The fourth-order valence-corrected chi connectivity index (χ4v) is 3.72. The Kier molecular flexibility index (Phi) is 6.53. The van der Waals surface area contributed by atoms with Gasteiger partial charge in [-0.25, -0.2) is 0 Å². The summed E-state index contributed by atoms with van der Waals surface area (Å²) in [6, 6.07) is 13.8. The standard InChI is InChI=1S/C25H30N2O2/c1-5-13-26(14-6-2)24(28)17-27-16-22(20-10-7-18(3)8-11-20)25(29)21-12-9-19(4)15-23(21)27/h7-12,15-16H,5-6,13-14,17H2,1-4H3. The van der Waals surface area contributed by atoms with E-state index in [1.54, 1.807) is 0 Å². The lowest BCUT2D eigenvalue weighted by Gasteiger charge is -2.23. The highest BCUT2D eigenvalue weighted by Gasteiger charge is 2.16. The van der Waals surface area contributed by atoms with Crippen LogP contribution in [0.4, 0.5) is 0 Å². The van der Waals surface area contributed by atoms with Crippen molar-refractivity contribution in [1.29, 1.82) is 0 Å². The number of fused-ring (bicyclic) bond motifs is 1. The molecule has 152 valence electrons. The van der Waals surface area contributed by atoms with E-state index in [-0.39, 0.29) is 17.9 Å². The maximum atomic E-state index is 13.2. The quantitative estimate of drug-likeness (QED) is 0.574. The Morgan fingerprint density at radius 1 is 0.931 bits per heavy atom. The number of hydrogen-bond donors (Lipinski definition) is 0. The van der Waals surface area contributed by atoms with Crippen LogP contribution in [0.15, 0.2) is 53.5 Å². The minimum absolute atomic E-state index is 0.00604. The summed E-state index contributed by atoms with van der Waals surface area (Å²) in [5, 5.41) is 0.652. The average Bonchev–Trinajstić information content (AvgIpc) is 2.70. The molecule has 0 aliphatic rings. The summed E-state index contributed by atoms with van der Waals surface area (Å²) in [5.41, 5.74) is 4.55. The van der Waals surface area contributed by atoms with Gasteiger partial charge in [0.25, 0.3) is 0 Å². The fraction of sp³-hybridized carbons (Fsp3) is 0.360. The first-order valence-electron chi connectivity index (χ1n) is 10.4. The number of pyridine rings is 1. The first kappa shape index (κ1) is 20.8. The van der Waals surface area contributed by atoms with Crippen LogP contribution in [-0.4, -0.2) is 28.5 Å². The number of carbonyl (C=O) groups is 1. The van der Waals surface area contributed by atoms with Crippen LogP contribution in [0.3, 0.4) is 0 Å². The van der Waals surface area contributed by atoms with E-state index in [1.165, 1.54) is 0 Å². The Balaban J connectivity index is 2.13. The van der Waals surface area contributed by atoms with Crippen molar-refractivity contribution in [2.75, 3.05) is 13.1 Å². The van der Waals surface area contributed by atoms with Crippen molar-refractivity contribution < 1.29 is 4.79 Å². The number of benzene rings is 2. The molecule has 0 spiro atoms. The molecule has 1 amide bonds. The van der Waals surface area contributed by atoms with Gasteiger partial charge in [0.2, 0.25) is 5.91 Å². The molecule has 2 aromatic carbocycles. The molecule has 0 unspecified atom stereocenters. The van der Waals surface area contributed by atoms with Gasteiger partial charge in [-0.05, 0) is 49.9 Å². The van der Waals surface area contributed by atoms with Crippen LogP contribution in [0.2, 0.25) is 0 Å². The second-order valence-corrected chi connectivity index (χ2v) is 7.77. The zero-order chi connectivity index (χ0) is 21.0. The Hall–Kier alpha value is -2.88. The number of aryl methyl sites for hydroxylation is 2. The summed E-state index contributed by atoms with van der Waals surface area (Å²) in [6.45, 7) is 9.96. The van der Waals surface area contributed by atoms with Gasteiger partial charge in [-0.3, -0.25) is 9.59 Å². The molecule has 3 aromatic rings. The lowest BCUT2D eigenvalue weighted by molar-refractivity contribution is -0.131. The molecule has 1 heterocycles. The van der Waals surface area contributed by atoms with Gasteiger partial charge in [0, 0.05) is 30.2 Å². The normalized spacial score (nSPS) is 11.0. The van der Waals surface area contributed by atoms with Gasteiger partial charge in [0.05, 0.1) is 5.52 Å². The molecular weight excluding hydrogens is 360 g/mol. The van der Waals surface area contributed by atoms with Crippen molar-refractivity contribution in [2.45, 2.75) is 47.1 Å². The predicted molar refractivity (Wildman–Crippen MR) is 120 cm³/mol. The molecule has 4 heteroatoms. The van der Waals surface area contributed by atoms with E-state index in [9.17, 15) is 9.59 Å². The molecule has 0 saturated heterocycles. The monoisotopic (exact) mass is 390 g/mol. The SMILES string of the molecule is CCCN(CCC)C(=O)Cn1cc(-c2ccc(C)cc2)c(=O)c2ccc(C)cc21. The Morgan fingerprint density at radius 2 is 1.55 bits per heavy atom. The maximum absolute atomic E-state index is 13.2. The smallest absolute Gasteiger partial charge is 0.242 e. The zero-order valence-corrected chi connectivity index (χ0v) is 17.9. The summed E-state index contributed by atoms with van der Waals surface area (Å²) < 4.78 is 1.94. The number of nitrogens with zero attached hydrogens (tertiary/aromatic N) is 2. The Labute approximate surface area is 172 Å². The lowest BCUT2D eigenvalue weighted by Crippen LogP contribution is -2.35. The first-order chi connectivity index (χ1) is 13.9. The third kappa shape index (κ3) is 4.58. The summed E-state index contributed by atoms with van der Waals surface area (Å²) in [7, 11) is 0. The minimum Gasteiger partial charge on any atom is -0.341 e. The molecule has 0 aliphatic carbocycles. The Morgan fingerprint density at radius 3 is 2.17 bits per heavy atom. The molecule has 0 N–H and O–H groups in total. The van der Waals surface area contributed by atoms with Gasteiger partial charge in [0.15, 0.2) is 5.43 Å². The highest BCUT2D eigenvalue weighted by molar-refractivity contribution is 5.86. The van der Waals surface area contributed by atoms with Crippen molar-refractivity contribution in [3.63, 3.8) is 0 Å². The second-order valence-electron chi connectivity index (χ2n) is 7.77. The van der Waals surface area contributed by atoms with E-state index < -0.39 is 0 Å². The van der Waals surface area contributed by atoms with Crippen molar-refractivity contribution in [3.05, 3.63) is 70.0 Å². The molecule has 0 fully saturated rings. The van der Waals surface area contributed by atoms with Crippen molar-refractivity contribution in [2.24, 2.45) is 0 Å². The third-order valence-corrected chi connectivity index (χ3v) is 5.24. The first-order valence-corrected chi connectivity index (χ1v) is 10.4. The summed E-state index contributed by atoms with van der Waals surface area (Å²) in [4.78, 5) is 28.1. The average molecular weight is 391 g/mol. The van der Waals surface area contributed by atoms with E-state index in [1.807, 2.05) is 72.0 Å². The third-order valence-electron chi connectivity index (χ3n) is 5.24. The maximum Gasteiger partial charge on any atom is 0.242 e. The number of amides is 1. The molecule has 0 aliphatic heterocycles. The number of rotatable bonds is 7. The molecule has 4 nitrogen and oxygen atoms in total. The van der Waals surface area contributed by atoms with Crippen LogP contribution >= 0.6 is 0 Å². The molecule has 29 heavy (non-hydrogen) atoms. The predicted octanol–water partition coefficient (Wildman–Crippen LogP) is 4.93. The van der Waals surface area contributed by atoms with Crippen LogP contribution in [-0.2, 0) is 11.3 Å². The van der Waals surface area contributed by atoms with E-state index in [0.717, 1.165) is 48.1 Å². The zero-order valence-electron chi connectivity index (χ0n) is 17.9. The summed E-state index contributed by atoms with van der Waals surface area (Å²) in [5.74, 6) is 0.0926. The van der Waals surface area contributed by atoms with Gasteiger partial charge in [-0.2, -0.15) is 0 Å². The second kappa shape index (κ2) is 9.08. The summed E-state index contributed by atoms with van der Waals surface area (Å²) in [6.07, 6.45) is 3.72. The van der Waals surface area contributed by atoms with Crippen LogP contribution in [0.1, 0.15) is 37.8 Å². The number of aromatic nitrogens is 1. The molecular formula is C25H30N2O2. The van der Waals surface area contributed by atoms with E-state index in [0.29, 0.717) is 10.9 Å². The van der Waals surface area contributed by atoms with Crippen molar-refractivity contribution in [3.8, 4) is 11.1 Å². The topological polar surface area (TPSA) is 42.3 Å². The van der Waals surface area contributed by atoms with Crippen LogP contribution < -0.4 is 5.43 Å². The van der Waals surface area contributed by atoms with E-state index in [2.05, 4.69) is 13.8 Å². The summed E-state index contributed by atoms with van der Waals surface area (Å²) >= 11 is 0. The van der Waals surface area contributed by atoms with Crippen LogP contribution in [0.25, 0.3) is 22.0 Å². The van der Waals surface area contributed by atoms with Gasteiger partial charge < -0.3 is 9.47 Å². The lowest BCUT2D eigenvalue weighted by atomic mass is 10.0. The largest absolute Gasteiger partial charge is 0.341 e. The van der Waals surface area contributed by atoms with Gasteiger partial charge in [-0.1, -0.05) is 49.7 Å². The molecule has 0 bridgehead atoms. The number of hydrogen-bond acceptors (Lipinski definition) is 2. The molecule has 1 aromatic heterocycles. The minimum atomic E-state index is 0.00604. The van der Waals surface area contributed by atoms with Crippen molar-refractivity contribution in [1.82, 2.24) is 9.47 Å². The number of carbonyl (C=O) groups excluding carboxylic acids is 1. The van der Waals surface area contributed by atoms with E-state index in [4.69, 9.17) is 0 Å². The molecule has 3 rings (SSSR count). The van der Waals surface area contributed by atoms with Crippen LogP contribution in [0, 0.1) is 13.8 Å². The molecule has 0 atom stereocenters. The molecule has 0 radical (unpaired) electrons. The van der Waals surface area contributed by atoms with E-state index >= 15 is 0 Å².